The molecule has 1 aliphatic rings. The maximum absolute atomic E-state index is 4.37. The Morgan fingerprint density at radius 1 is 1.26 bits per heavy atom. The second-order valence-corrected chi connectivity index (χ2v) is 4.73. The van der Waals surface area contributed by atoms with E-state index in [1.807, 2.05) is 18.2 Å². The minimum atomic E-state index is 0.748. The first kappa shape index (κ1) is 11.9. The summed E-state index contributed by atoms with van der Waals surface area (Å²) in [5.74, 6) is 0. The topological polar surface area (TPSA) is 29.0 Å². The molecule has 0 aliphatic carbocycles. The largest absolute Gasteiger partial charge is 0.346 e. The number of hydrogen-bond acceptors (Lipinski definition) is 3. The van der Waals surface area contributed by atoms with E-state index in [1.165, 1.54) is 17.5 Å². The van der Waals surface area contributed by atoms with E-state index in [1.54, 1.807) is 0 Å². The molecule has 0 amide bonds. The van der Waals surface area contributed by atoms with Crippen LogP contribution in [-0.4, -0.2) is 16.7 Å². The van der Waals surface area contributed by atoms with E-state index in [0.29, 0.717) is 0 Å². The van der Waals surface area contributed by atoms with Gasteiger partial charge in [-0.3, -0.25) is 0 Å². The molecule has 0 saturated carbocycles. The average Bonchev–Trinajstić information content (AvgIpc) is 2.48. The van der Waals surface area contributed by atoms with Crippen LogP contribution in [0.1, 0.15) is 18.5 Å². The third kappa shape index (κ3) is 2.24. The van der Waals surface area contributed by atoms with Crippen LogP contribution in [0, 0.1) is 0 Å². The zero-order chi connectivity index (χ0) is 13.1. The van der Waals surface area contributed by atoms with Crippen LogP contribution in [0.5, 0.6) is 0 Å². The van der Waals surface area contributed by atoms with Crippen LogP contribution in [0.15, 0.2) is 49.2 Å². The maximum atomic E-state index is 4.37. The Kier molecular flexibility index (Phi) is 3.27. The van der Waals surface area contributed by atoms with Crippen LogP contribution < -0.4 is 4.90 Å². The molecule has 0 unspecified atom stereocenters. The van der Waals surface area contributed by atoms with Gasteiger partial charge in [0, 0.05) is 24.6 Å². The van der Waals surface area contributed by atoms with E-state index in [4.69, 9.17) is 0 Å². The van der Waals surface area contributed by atoms with Gasteiger partial charge in [0.05, 0.1) is 16.9 Å². The fourth-order valence-corrected chi connectivity index (χ4v) is 2.51. The van der Waals surface area contributed by atoms with E-state index >= 15 is 0 Å². The molecule has 0 bridgehead atoms. The van der Waals surface area contributed by atoms with Crippen molar-refractivity contribution in [3.63, 3.8) is 0 Å². The molecule has 3 nitrogen and oxygen atoms in total. The molecule has 2 aromatic rings. The zero-order valence-corrected chi connectivity index (χ0v) is 10.9. The van der Waals surface area contributed by atoms with Gasteiger partial charge in [-0.1, -0.05) is 30.4 Å². The number of fused-ring (bicyclic) bond motifs is 1. The van der Waals surface area contributed by atoms with Gasteiger partial charge >= 0.3 is 0 Å². The number of hydrogen-bond donors (Lipinski definition) is 0. The van der Waals surface area contributed by atoms with E-state index in [2.05, 4.69) is 46.1 Å². The van der Waals surface area contributed by atoms with Crippen LogP contribution in [0.3, 0.4) is 0 Å². The quantitative estimate of drug-likeness (QED) is 0.782. The normalized spacial score (nSPS) is 14.8. The highest BCUT2D eigenvalue weighted by Crippen LogP contribution is 2.30. The fraction of sp³-hybridized carbons (Fsp3) is 0.250. The van der Waals surface area contributed by atoms with Crippen LogP contribution in [-0.2, 0) is 6.42 Å². The third-order valence-corrected chi connectivity index (χ3v) is 3.39. The van der Waals surface area contributed by atoms with E-state index in [9.17, 15) is 0 Å². The SMILES string of the molecule is C=CCc1nnc2ccccc2c1N1C=CCCC1. The van der Waals surface area contributed by atoms with E-state index < -0.39 is 0 Å². The Bertz CT molecular complexity index is 631. The zero-order valence-electron chi connectivity index (χ0n) is 10.9. The molecule has 96 valence electrons. The van der Waals surface area contributed by atoms with Crippen molar-refractivity contribution in [2.45, 2.75) is 19.3 Å². The molecular weight excluding hydrogens is 234 g/mol. The lowest BCUT2D eigenvalue weighted by Crippen LogP contribution is -2.22. The number of allylic oxidation sites excluding steroid dienone is 2. The molecule has 19 heavy (non-hydrogen) atoms. The van der Waals surface area contributed by atoms with Crippen molar-refractivity contribution in [3.05, 3.63) is 54.9 Å². The number of rotatable bonds is 3. The van der Waals surface area contributed by atoms with Crippen molar-refractivity contribution in [2.24, 2.45) is 0 Å². The van der Waals surface area contributed by atoms with Gasteiger partial charge in [-0.15, -0.1) is 6.58 Å². The summed E-state index contributed by atoms with van der Waals surface area (Å²) in [6.07, 6.45) is 9.35. The Labute approximate surface area is 113 Å². The lowest BCUT2D eigenvalue weighted by atomic mass is 10.1. The summed E-state index contributed by atoms with van der Waals surface area (Å²) in [4.78, 5) is 2.29. The van der Waals surface area contributed by atoms with Gasteiger partial charge < -0.3 is 4.90 Å². The third-order valence-electron chi connectivity index (χ3n) is 3.39. The molecule has 0 saturated heterocycles. The highest BCUT2D eigenvalue weighted by Gasteiger charge is 2.16. The first-order valence-corrected chi connectivity index (χ1v) is 6.68. The molecule has 0 atom stereocenters. The Morgan fingerprint density at radius 3 is 2.95 bits per heavy atom. The van der Waals surface area contributed by atoms with Crippen LogP contribution >= 0.6 is 0 Å². The monoisotopic (exact) mass is 251 g/mol. The Hall–Kier alpha value is -2.16. The van der Waals surface area contributed by atoms with Crippen molar-refractivity contribution in [1.82, 2.24) is 10.2 Å². The average molecular weight is 251 g/mol. The maximum Gasteiger partial charge on any atom is 0.0950 e. The van der Waals surface area contributed by atoms with Gasteiger partial charge in [0.1, 0.15) is 0 Å². The van der Waals surface area contributed by atoms with Crippen molar-refractivity contribution >= 4 is 16.6 Å². The van der Waals surface area contributed by atoms with Crippen molar-refractivity contribution in [3.8, 4) is 0 Å². The summed E-state index contributed by atoms with van der Waals surface area (Å²) in [6, 6.07) is 8.18. The predicted octanol–water partition coefficient (Wildman–Crippen LogP) is 3.47. The van der Waals surface area contributed by atoms with Crippen molar-refractivity contribution in [1.29, 1.82) is 0 Å². The summed E-state index contributed by atoms with van der Waals surface area (Å²) >= 11 is 0. The number of nitrogens with zero attached hydrogens (tertiary/aromatic N) is 3. The van der Waals surface area contributed by atoms with Crippen molar-refractivity contribution < 1.29 is 0 Å². The molecule has 0 fully saturated rings. The Morgan fingerprint density at radius 2 is 2.16 bits per heavy atom. The summed E-state index contributed by atoms with van der Waals surface area (Å²) in [7, 11) is 0. The molecule has 0 N–H and O–H groups in total. The minimum absolute atomic E-state index is 0.748. The van der Waals surface area contributed by atoms with Gasteiger partial charge in [-0.2, -0.15) is 10.2 Å². The standard InChI is InChI=1S/C16H17N3/c1-2-8-15-16(19-11-6-3-7-12-19)13-9-4-5-10-14(13)17-18-15/h2,4-6,9-11H,1,3,7-8,12H2. The molecule has 3 rings (SSSR count). The number of anilines is 1. The number of benzene rings is 1. The lowest BCUT2D eigenvalue weighted by molar-refractivity contribution is 0.780. The lowest BCUT2D eigenvalue weighted by Gasteiger charge is -2.26. The molecular formula is C16H17N3. The minimum Gasteiger partial charge on any atom is -0.346 e. The first-order valence-electron chi connectivity index (χ1n) is 6.68. The smallest absolute Gasteiger partial charge is 0.0950 e. The first-order chi connectivity index (χ1) is 9.40. The molecule has 1 aromatic carbocycles. The van der Waals surface area contributed by atoms with Gasteiger partial charge in [-0.25, -0.2) is 0 Å². The fourth-order valence-electron chi connectivity index (χ4n) is 2.51. The number of aromatic nitrogens is 2. The summed E-state index contributed by atoms with van der Waals surface area (Å²) in [6.45, 7) is 4.86. The second-order valence-electron chi connectivity index (χ2n) is 4.73. The van der Waals surface area contributed by atoms with E-state index in [-0.39, 0.29) is 0 Å². The van der Waals surface area contributed by atoms with Crippen LogP contribution in [0.25, 0.3) is 10.9 Å². The van der Waals surface area contributed by atoms with Gasteiger partial charge in [0.25, 0.3) is 0 Å². The van der Waals surface area contributed by atoms with Gasteiger partial charge in [-0.05, 0) is 18.9 Å². The molecule has 0 radical (unpaired) electrons. The molecule has 0 spiro atoms. The molecule has 1 aliphatic heterocycles. The van der Waals surface area contributed by atoms with Gasteiger partial charge in [0.2, 0.25) is 0 Å². The van der Waals surface area contributed by atoms with Crippen LogP contribution in [0.4, 0.5) is 5.69 Å². The predicted molar refractivity (Wildman–Crippen MR) is 79.2 cm³/mol. The van der Waals surface area contributed by atoms with Gasteiger partial charge in [0.15, 0.2) is 0 Å². The summed E-state index contributed by atoms with van der Waals surface area (Å²) < 4.78 is 0. The summed E-state index contributed by atoms with van der Waals surface area (Å²) in [5.41, 5.74) is 3.13. The Balaban J connectivity index is 2.21. The molecule has 3 heteroatoms. The molecule has 2 heterocycles. The summed E-state index contributed by atoms with van der Waals surface area (Å²) in [5, 5.41) is 9.85. The second kappa shape index (κ2) is 5.22. The molecule has 1 aromatic heterocycles. The highest BCUT2D eigenvalue weighted by atomic mass is 15.2. The van der Waals surface area contributed by atoms with Crippen LogP contribution in [0.2, 0.25) is 0 Å². The van der Waals surface area contributed by atoms with Crippen molar-refractivity contribution in [2.75, 3.05) is 11.4 Å². The highest BCUT2D eigenvalue weighted by molar-refractivity contribution is 5.93. The van der Waals surface area contributed by atoms with E-state index in [0.717, 1.165) is 30.6 Å².